The molecule has 0 atom stereocenters. The Labute approximate surface area is 221 Å². The molecule has 37 heavy (non-hydrogen) atoms. The van der Waals surface area contributed by atoms with E-state index in [0.29, 0.717) is 23.3 Å². The number of aryl methyl sites for hydroxylation is 1. The van der Waals surface area contributed by atoms with Crippen molar-refractivity contribution in [2.75, 3.05) is 29.6 Å². The predicted molar refractivity (Wildman–Crippen MR) is 156 cm³/mol. The van der Waals surface area contributed by atoms with Crippen molar-refractivity contribution in [1.82, 2.24) is 4.98 Å². The van der Waals surface area contributed by atoms with Gasteiger partial charge in [0.25, 0.3) is 5.91 Å². The van der Waals surface area contributed by atoms with E-state index in [1.54, 1.807) is 6.07 Å². The molecule has 0 bridgehead atoms. The van der Waals surface area contributed by atoms with Crippen molar-refractivity contribution in [2.45, 2.75) is 78.1 Å². The minimum atomic E-state index is -0.196. The Bertz CT molecular complexity index is 1170. The van der Waals surface area contributed by atoms with Crippen LogP contribution in [0, 0.1) is 6.92 Å². The highest BCUT2D eigenvalue weighted by molar-refractivity contribution is 6.06. The van der Waals surface area contributed by atoms with Gasteiger partial charge in [0.2, 0.25) is 5.91 Å². The number of nitrogens with one attached hydrogen (secondary N) is 2. The van der Waals surface area contributed by atoms with Crippen molar-refractivity contribution in [2.24, 2.45) is 0 Å². The monoisotopic (exact) mass is 502 g/mol. The number of carbonyl (C=O) groups excluding carboxylic acids is 2. The number of anilines is 3. The van der Waals surface area contributed by atoms with E-state index >= 15 is 0 Å². The number of pyridine rings is 1. The van der Waals surface area contributed by atoms with Crippen LogP contribution in [-0.4, -0.2) is 30.9 Å². The molecule has 198 valence electrons. The number of carbonyl (C=O) groups is 2. The van der Waals surface area contributed by atoms with Gasteiger partial charge in [0.1, 0.15) is 5.82 Å². The van der Waals surface area contributed by atoms with Crippen molar-refractivity contribution in [1.29, 1.82) is 0 Å². The molecule has 2 aromatic carbocycles. The number of unbranched alkanes of at least 4 members (excludes halogenated alkanes) is 8. The van der Waals surface area contributed by atoms with Crippen molar-refractivity contribution in [3.05, 3.63) is 59.7 Å². The summed E-state index contributed by atoms with van der Waals surface area (Å²) < 4.78 is 0. The number of fused-ring (bicyclic) bond motifs is 1. The maximum atomic E-state index is 12.9. The second-order valence-corrected chi connectivity index (χ2v) is 10.1. The summed E-state index contributed by atoms with van der Waals surface area (Å²) in [4.78, 5) is 32.0. The van der Waals surface area contributed by atoms with Crippen molar-refractivity contribution < 1.29 is 9.59 Å². The number of rotatable bonds is 14. The van der Waals surface area contributed by atoms with Crippen LogP contribution >= 0.6 is 0 Å². The van der Waals surface area contributed by atoms with Gasteiger partial charge >= 0.3 is 0 Å². The summed E-state index contributed by atoms with van der Waals surface area (Å²) in [7, 11) is 3.96. The summed E-state index contributed by atoms with van der Waals surface area (Å²) >= 11 is 0. The van der Waals surface area contributed by atoms with Gasteiger partial charge in [-0.25, -0.2) is 4.98 Å². The van der Waals surface area contributed by atoms with E-state index in [2.05, 4.69) is 22.5 Å². The average molecular weight is 503 g/mol. The second kappa shape index (κ2) is 14.4. The van der Waals surface area contributed by atoms with Crippen LogP contribution in [0.3, 0.4) is 0 Å². The molecule has 0 saturated heterocycles. The molecule has 0 radical (unpaired) electrons. The molecular weight excluding hydrogens is 460 g/mol. The standard InChI is InChI=1S/C31H42N4O2/c1-5-6-7-8-9-10-11-12-13-14-30(36)34-29-21-23(2)27-20-15-24(22-28(27)33-29)31(37)32-25-16-18-26(19-17-25)35(3)4/h15-22H,5-14H2,1-4H3,(H,32,37)(H,33,34,36). The van der Waals surface area contributed by atoms with Crippen LogP contribution in [0.2, 0.25) is 0 Å². The van der Waals surface area contributed by atoms with E-state index < -0.39 is 0 Å². The first-order valence-electron chi connectivity index (χ1n) is 13.7. The Morgan fingerprint density at radius 3 is 2.11 bits per heavy atom. The van der Waals surface area contributed by atoms with Crippen LogP contribution in [0.1, 0.15) is 87.1 Å². The molecule has 2 N–H and O–H groups in total. The van der Waals surface area contributed by atoms with Crippen molar-refractivity contribution >= 4 is 39.9 Å². The Morgan fingerprint density at radius 1 is 0.811 bits per heavy atom. The SMILES string of the molecule is CCCCCCCCCCCC(=O)Nc1cc(C)c2ccc(C(=O)Nc3ccc(N(C)C)cc3)cc2n1. The molecule has 1 aromatic heterocycles. The van der Waals surface area contributed by atoms with Crippen molar-refractivity contribution in [3.63, 3.8) is 0 Å². The van der Waals surface area contributed by atoms with Crippen LogP contribution in [0.5, 0.6) is 0 Å². The van der Waals surface area contributed by atoms with E-state index in [-0.39, 0.29) is 11.8 Å². The molecule has 6 nitrogen and oxygen atoms in total. The summed E-state index contributed by atoms with van der Waals surface area (Å²) in [6.45, 7) is 4.23. The van der Waals surface area contributed by atoms with E-state index in [1.807, 2.05) is 68.4 Å². The summed E-state index contributed by atoms with van der Waals surface area (Å²) in [5.41, 5.74) is 4.02. The van der Waals surface area contributed by atoms with Gasteiger partial charge in [-0.05, 0) is 61.4 Å². The largest absolute Gasteiger partial charge is 0.378 e. The van der Waals surface area contributed by atoms with Crippen LogP contribution in [0.4, 0.5) is 17.2 Å². The van der Waals surface area contributed by atoms with E-state index in [4.69, 9.17) is 0 Å². The summed E-state index contributed by atoms with van der Waals surface area (Å²) in [6, 6.07) is 15.1. The molecule has 2 amide bonds. The maximum absolute atomic E-state index is 12.9. The topological polar surface area (TPSA) is 74.3 Å². The first-order valence-corrected chi connectivity index (χ1v) is 13.7. The Hall–Kier alpha value is -3.41. The molecule has 0 aliphatic rings. The fourth-order valence-electron chi connectivity index (χ4n) is 4.46. The third-order valence-corrected chi connectivity index (χ3v) is 6.70. The van der Waals surface area contributed by atoms with E-state index in [1.165, 1.54) is 44.9 Å². The Balaban J connectivity index is 1.54. The quantitative estimate of drug-likeness (QED) is 0.221. The smallest absolute Gasteiger partial charge is 0.255 e. The minimum Gasteiger partial charge on any atom is -0.378 e. The maximum Gasteiger partial charge on any atom is 0.255 e. The first kappa shape index (κ1) is 28.2. The molecular formula is C31H42N4O2. The molecule has 0 aliphatic carbocycles. The third kappa shape index (κ3) is 8.88. The summed E-state index contributed by atoms with van der Waals surface area (Å²) in [5, 5.41) is 6.86. The first-order chi connectivity index (χ1) is 17.9. The highest BCUT2D eigenvalue weighted by atomic mass is 16.2. The lowest BCUT2D eigenvalue weighted by molar-refractivity contribution is -0.116. The molecule has 3 rings (SSSR count). The van der Waals surface area contributed by atoms with Gasteiger partial charge in [0.05, 0.1) is 5.52 Å². The second-order valence-electron chi connectivity index (χ2n) is 10.1. The van der Waals surface area contributed by atoms with Gasteiger partial charge in [-0.1, -0.05) is 64.4 Å². The molecule has 6 heteroatoms. The third-order valence-electron chi connectivity index (χ3n) is 6.70. The van der Waals surface area contributed by atoms with Crippen LogP contribution in [0.25, 0.3) is 10.9 Å². The zero-order valence-corrected chi connectivity index (χ0v) is 22.9. The Morgan fingerprint density at radius 2 is 1.46 bits per heavy atom. The fraction of sp³-hybridized carbons (Fsp3) is 0.452. The predicted octanol–water partition coefficient (Wildman–Crippen LogP) is 7.72. The van der Waals surface area contributed by atoms with Gasteiger partial charge in [0.15, 0.2) is 0 Å². The Kier molecular flexibility index (Phi) is 10.9. The minimum absolute atomic E-state index is 0.00994. The van der Waals surface area contributed by atoms with Crippen molar-refractivity contribution in [3.8, 4) is 0 Å². The van der Waals surface area contributed by atoms with Crippen LogP contribution in [-0.2, 0) is 4.79 Å². The van der Waals surface area contributed by atoms with E-state index in [0.717, 1.165) is 35.2 Å². The number of hydrogen-bond donors (Lipinski definition) is 2. The van der Waals surface area contributed by atoms with Gasteiger partial charge < -0.3 is 15.5 Å². The summed E-state index contributed by atoms with van der Waals surface area (Å²) in [6.07, 6.45) is 11.5. The lowest BCUT2D eigenvalue weighted by Crippen LogP contribution is -2.14. The highest BCUT2D eigenvalue weighted by Crippen LogP contribution is 2.23. The normalized spacial score (nSPS) is 10.9. The number of hydrogen-bond acceptors (Lipinski definition) is 4. The van der Waals surface area contributed by atoms with Crippen LogP contribution < -0.4 is 15.5 Å². The van der Waals surface area contributed by atoms with Crippen LogP contribution in [0.15, 0.2) is 48.5 Å². The van der Waals surface area contributed by atoms with Gasteiger partial charge in [0, 0.05) is 42.8 Å². The lowest BCUT2D eigenvalue weighted by atomic mass is 10.1. The zero-order chi connectivity index (χ0) is 26.6. The highest BCUT2D eigenvalue weighted by Gasteiger charge is 2.11. The number of aromatic nitrogens is 1. The molecule has 0 spiro atoms. The zero-order valence-electron chi connectivity index (χ0n) is 22.9. The molecule has 3 aromatic rings. The number of amides is 2. The average Bonchev–Trinajstić information content (AvgIpc) is 2.87. The molecule has 0 aliphatic heterocycles. The molecule has 1 heterocycles. The van der Waals surface area contributed by atoms with Gasteiger partial charge in [-0.2, -0.15) is 0 Å². The van der Waals surface area contributed by atoms with E-state index in [9.17, 15) is 9.59 Å². The summed E-state index contributed by atoms with van der Waals surface area (Å²) in [5.74, 6) is 0.325. The number of nitrogens with zero attached hydrogens (tertiary/aromatic N) is 2. The van der Waals surface area contributed by atoms with Gasteiger partial charge in [-0.15, -0.1) is 0 Å². The number of benzene rings is 2. The molecule has 0 unspecified atom stereocenters. The lowest BCUT2D eigenvalue weighted by Gasteiger charge is -2.13. The fourth-order valence-corrected chi connectivity index (χ4v) is 4.46. The molecule has 0 fully saturated rings. The molecule has 0 saturated carbocycles. The van der Waals surface area contributed by atoms with Gasteiger partial charge in [-0.3, -0.25) is 9.59 Å².